The van der Waals surface area contributed by atoms with Crippen molar-refractivity contribution in [2.45, 2.75) is 44.0 Å². The normalized spacial score (nSPS) is 16.2. The van der Waals surface area contributed by atoms with E-state index in [2.05, 4.69) is 3.97 Å². The molecule has 1 aromatic carbocycles. The summed E-state index contributed by atoms with van der Waals surface area (Å²) in [5, 5.41) is -6.81. The van der Waals surface area contributed by atoms with Gasteiger partial charge in [-0.2, -0.15) is 0 Å². The number of hydrogen-bond acceptors (Lipinski definition) is 3. The Morgan fingerprint density at radius 1 is 0.767 bits per heavy atom. The summed E-state index contributed by atoms with van der Waals surface area (Å²) in [5.41, 5.74) is 0. The summed E-state index contributed by atoms with van der Waals surface area (Å²) in [7, 11) is -6.97. The van der Waals surface area contributed by atoms with E-state index in [1.165, 1.54) is 51.1 Å². The molecule has 0 unspecified atom stereocenters. The van der Waals surface area contributed by atoms with Crippen LogP contribution in [0.1, 0.15) is 20.8 Å². The zero-order valence-corrected chi connectivity index (χ0v) is 17.7. The first-order valence-corrected chi connectivity index (χ1v) is 12.7. The number of hydrogen-bond donors (Lipinski definition) is 0. The minimum atomic E-state index is -7.34. The van der Waals surface area contributed by atoms with Crippen molar-refractivity contribution >= 4 is 22.3 Å². The van der Waals surface area contributed by atoms with Gasteiger partial charge in [0.2, 0.25) is 0 Å². The molecule has 0 amide bonds. The third-order valence-electron chi connectivity index (χ3n) is 5.34. The zero-order valence-electron chi connectivity index (χ0n) is 16.0. The number of halogens is 9. The van der Waals surface area contributed by atoms with Crippen molar-refractivity contribution in [1.82, 2.24) is 0 Å². The molecule has 0 saturated heterocycles. The summed E-state index contributed by atoms with van der Waals surface area (Å²) in [6.07, 6.45) is -7.97. The minimum absolute atomic E-state index is 0.0706. The molecule has 176 valence electrons. The molecule has 3 nitrogen and oxygen atoms in total. The Labute approximate surface area is 167 Å². The van der Waals surface area contributed by atoms with Crippen LogP contribution >= 0.6 is 6.83 Å². The zero-order chi connectivity index (χ0) is 23.9. The van der Waals surface area contributed by atoms with Crippen LogP contribution in [0.2, 0.25) is 0 Å². The molecular formula is C16H20F9O3PS. The van der Waals surface area contributed by atoms with E-state index in [1.54, 1.807) is 0 Å². The van der Waals surface area contributed by atoms with Crippen LogP contribution in [-0.4, -0.2) is 50.2 Å². The molecule has 1 rings (SSSR count). The van der Waals surface area contributed by atoms with E-state index in [4.69, 9.17) is 0 Å². The molecule has 14 heteroatoms. The second-order valence-electron chi connectivity index (χ2n) is 6.60. The van der Waals surface area contributed by atoms with Crippen LogP contribution in [0.15, 0.2) is 30.3 Å². The van der Waals surface area contributed by atoms with E-state index in [9.17, 15) is 47.9 Å². The van der Waals surface area contributed by atoms with Crippen molar-refractivity contribution in [2.75, 3.05) is 18.5 Å². The maximum atomic E-state index is 14.2. The van der Waals surface area contributed by atoms with E-state index < -0.39 is 40.2 Å². The molecule has 0 fully saturated rings. The van der Waals surface area contributed by atoms with Crippen molar-refractivity contribution in [3.8, 4) is 0 Å². The van der Waals surface area contributed by atoms with Gasteiger partial charge in [-0.15, -0.1) is 0 Å². The second kappa shape index (κ2) is 7.81. The SMILES string of the molecule is CCP(CC)(CC)(OS(=O)(=O)C(F)(F)C(F)(F)C(F)(F)C(F)(F)F)c1ccccc1. The van der Waals surface area contributed by atoms with Gasteiger partial charge in [0.25, 0.3) is 0 Å². The summed E-state index contributed by atoms with van der Waals surface area (Å²) in [5.74, 6) is -14.7. The van der Waals surface area contributed by atoms with E-state index in [0.717, 1.165) is 0 Å². The summed E-state index contributed by atoms with van der Waals surface area (Å²) in [4.78, 5) is 0. The molecule has 0 heterocycles. The predicted octanol–water partition coefficient (Wildman–Crippen LogP) is 5.61. The quantitative estimate of drug-likeness (QED) is 0.331. The Morgan fingerprint density at radius 2 is 1.17 bits per heavy atom. The molecule has 0 aliphatic carbocycles. The van der Waals surface area contributed by atoms with Crippen LogP contribution < -0.4 is 5.30 Å². The number of benzene rings is 1. The standard InChI is InChI=1S/C16H20F9O3PS/c1-4-29(5-2,6-3,12-10-8-7-9-11-12)28-30(26,27)16(24,25)14(19,20)13(17,18)15(21,22)23/h7-11H,4-6H2,1-3H3. The summed E-state index contributed by atoms with van der Waals surface area (Å²) in [6, 6.07) is 6.85. The molecule has 0 aromatic heterocycles. The van der Waals surface area contributed by atoms with Crippen LogP contribution in [0.4, 0.5) is 39.5 Å². The first-order valence-electron chi connectivity index (χ1n) is 8.54. The molecule has 0 aliphatic rings. The van der Waals surface area contributed by atoms with Crippen molar-refractivity contribution in [3.63, 3.8) is 0 Å². The molecule has 0 atom stereocenters. The molecule has 0 aliphatic heterocycles. The van der Waals surface area contributed by atoms with Gasteiger partial charge in [-0.3, -0.25) is 0 Å². The van der Waals surface area contributed by atoms with Crippen molar-refractivity contribution < 1.29 is 51.9 Å². The van der Waals surface area contributed by atoms with E-state index in [0.29, 0.717) is 0 Å². The first-order chi connectivity index (χ1) is 13.3. The Balaban J connectivity index is 3.74. The third kappa shape index (κ3) is 3.70. The fourth-order valence-corrected chi connectivity index (χ4v) is 10.9. The Kier molecular flexibility index (Phi) is 7.02. The van der Waals surface area contributed by atoms with Gasteiger partial charge in [-0.05, 0) is 0 Å². The van der Waals surface area contributed by atoms with Crippen molar-refractivity contribution in [3.05, 3.63) is 30.3 Å². The van der Waals surface area contributed by atoms with Gasteiger partial charge in [0.1, 0.15) is 0 Å². The summed E-state index contributed by atoms with van der Waals surface area (Å²) < 4.78 is 148. The summed E-state index contributed by atoms with van der Waals surface area (Å²) >= 11 is 0. The number of alkyl halides is 9. The average molecular weight is 494 g/mol. The predicted molar refractivity (Wildman–Crippen MR) is 95.5 cm³/mol. The topological polar surface area (TPSA) is 43.4 Å². The number of rotatable bonds is 9. The molecule has 0 bridgehead atoms. The van der Waals surface area contributed by atoms with E-state index in [1.807, 2.05) is 0 Å². The molecule has 0 spiro atoms. The molecule has 1 aromatic rings. The molecule has 0 radical (unpaired) electrons. The maximum absolute atomic E-state index is 14.2. The molecule has 30 heavy (non-hydrogen) atoms. The van der Waals surface area contributed by atoms with Gasteiger partial charge in [0, 0.05) is 0 Å². The van der Waals surface area contributed by atoms with Crippen LogP contribution in [0.3, 0.4) is 0 Å². The van der Waals surface area contributed by atoms with Crippen LogP contribution in [0, 0.1) is 0 Å². The monoisotopic (exact) mass is 494 g/mol. The van der Waals surface area contributed by atoms with E-state index in [-0.39, 0.29) is 23.8 Å². The Morgan fingerprint density at radius 3 is 1.50 bits per heavy atom. The Bertz CT molecular complexity index is 839. The van der Waals surface area contributed by atoms with Crippen LogP contribution in [-0.2, 0) is 14.1 Å². The fourth-order valence-electron chi connectivity index (χ4n) is 3.05. The van der Waals surface area contributed by atoms with Gasteiger partial charge in [-0.25, -0.2) is 0 Å². The van der Waals surface area contributed by atoms with Crippen LogP contribution in [0.5, 0.6) is 0 Å². The van der Waals surface area contributed by atoms with Gasteiger partial charge < -0.3 is 0 Å². The molecule has 0 saturated carbocycles. The van der Waals surface area contributed by atoms with Crippen molar-refractivity contribution in [1.29, 1.82) is 0 Å². The van der Waals surface area contributed by atoms with Gasteiger partial charge in [-0.1, -0.05) is 0 Å². The molecular weight excluding hydrogens is 474 g/mol. The van der Waals surface area contributed by atoms with E-state index >= 15 is 0 Å². The Hall–Kier alpha value is -1.07. The fraction of sp³-hybridized carbons (Fsp3) is 0.625. The summed E-state index contributed by atoms with van der Waals surface area (Å²) in [6.45, 7) is -0.519. The third-order valence-corrected chi connectivity index (χ3v) is 14.6. The van der Waals surface area contributed by atoms with Crippen LogP contribution in [0.25, 0.3) is 0 Å². The molecule has 0 N–H and O–H groups in total. The van der Waals surface area contributed by atoms with Gasteiger partial charge >= 0.3 is 167 Å². The van der Waals surface area contributed by atoms with Gasteiger partial charge in [0.05, 0.1) is 0 Å². The second-order valence-corrected chi connectivity index (χ2v) is 14.3. The average Bonchev–Trinajstić information content (AvgIpc) is 2.66. The van der Waals surface area contributed by atoms with Gasteiger partial charge in [0.15, 0.2) is 0 Å². The van der Waals surface area contributed by atoms with Crippen molar-refractivity contribution in [2.24, 2.45) is 0 Å². The first kappa shape index (κ1) is 27.0.